The van der Waals surface area contributed by atoms with Crippen LogP contribution in [-0.2, 0) is 22.4 Å². The van der Waals surface area contributed by atoms with Gasteiger partial charge in [-0.05, 0) is 25.3 Å². The van der Waals surface area contributed by atoms with Gasteiger partial charge < -0.3 is 10.4 Å². The lowest BCUT2D eigenvalue weighted by Gasteiger charge is -2.39. The molecule has 3 rings (SSSR count). The zero-order chi connectivity index (χ0) is 18.6. The maximum atomic E-state index is 12.5. The fourth-order valence-electron chi connectivity index (χ4n) is 3.69. The van der Waals surface area contributed by atoms with Crippen LogP contribution in [0.1, 0.15) is 48.9 Å². The minimum absolute atomic E-state index is 0.155. The van der Waals surface area contributed by atoms with Crippen LogP contribution in [0.3, 0.4) is 0 Å². The highest BCUT2D eigenvalue weighted by Crippen LogP contribution is 2.34. The van der Waals surface area contributed by atoms with E-state index in [4.69, 9.17) is 0 Å². The van der Waals surface area contributed by atoms with Gasteiger partial charge in [0.25, 0.3) is 0 Å². The first-order valence-corrected chi connectivity index (χ1v) is 9.85. The number of carboxylic acid groups (broad SMARTS) is 1. The molecule has 2 unspecified atom stereocenters. The molecule has 1 aromatic heterocycles. The molecule has 26 heavy (non-hydrogen) atoms. The second-order valence-corrected chi connectivity index (χ2v) is 8.12. The van der Waals surface area contributed by atoms with E-state index in [9.17, 15) is 14.7 Å². The number of carboxylic acids is 1. The summed E-state index contributed by atoms with van der Waals surface area (Å²) < 4.78 is 0. The lowest BCUT2D eigenvalue weighted by atomic mass is 9.74. The number of hydrogen-bond acceptors (Lipinski definition) is 4. The molecule has 5 nitrogen and oxygen atoms in total. The molecule has 0 aliphatic heterocycles. The van der Waals surface area contributed by atoms with Crippen molar-refractivity contribution in [2.24, 2.45) is 5.92 Å². The molecule has 138 valence electrons. The number of amides is 1. The maximum absolute atomic E-state index is 12.5. The average Bonchev–Trinajstić information content (AvgIpc) is 3.02. The van der Waals surface area contributed by atoms with Crippen molar-refractivity contribution in [3.05, 3.63) is 52.0 Å². The van der Waals surface area contributed by atoms with Crippen molar-refractivity contribution < 1.29 is 14.7 Å². The standard InChI is InChI=1S/C20H24N2O3S/c1-20(10-6-5-9-16(20)19(24)25)22-17(23)12-15-13-26-18(21-15)11-14-7-3-2-4-8-14/h2-4,7-8,13,16H,5-6,9-12H2,1H3,(H,22,23)(H,24,25). The summed E-state index contributed by atoms with van der Waals surface area (Å²) in [5, 5.41) is 15.3. The number of thiazole rings is 1. The van der Waals surface area contributed by atoms with Crippen LogP contribution in [0, 0.1) is 5.92 Å². The molecule has 0 radical (unpaired) electrons. The highest BCUT2D eigenvalue weighted by Gasteiger charge is 2.42. The Morgan fingerprint density at radius 3 is 2.81 bits per heavy atom. The summed E-state index contributed by atoms with van der Waals surface area (Å²) in [4.78, 5) is 28.6. The number of nitrogens with one attached hydrogen (secondary N) is 1. The average molecular weight is 372 g/mol. The third kappa shape index (κ3) is 4.49. The first-order valence-electron chi connectivity index (χ1n) is 8.97. The van der Waals surface area contributed by atoms with Gasteiger partial charge in [-0.1, -0.05) is 43.2 Å². The van der Waals surface area contributed by atoms with E-state index < -0.39 is 17.4 Å². The molecule has 1 aliphatic carbocycles. The van der Waals surface area contributed by atoms with E-state index in [-0.39, 0.29) is 12.3 Å². The zero-order valence-electron chi connectivity index (χ0n) is 14.9. The molecule has 2 atom stereocenters. The Kier molecular flexibility index (Phi) is 5.71. The third-order valence-electron chi connectivity index (χ3n) is 5.07. The summed E-state index contributed by atoms with van der Waals surface area (Å²) in [7, 11) is 0. The number of rotatable bonds is 6. The van der Waals surface area contributed by atoms with E-state index in [0.29, 0.717) is 12.8 Å². The monoisotopic (exact) mass is 372 g/mol. The molecule has 2 aromatic rings. The number of carbonyl (C=O) groups is 2. The van der Waals surface area contributed by atoms with Gasteiger partial charge in [0.1, 0.15) is 0 Å². The third-order valence-corrected chi connectivity index (χ3v) is 5.97. The number of benzene rings is 1. The van der Waals surface area contributed by atoms with Gasteiger partial charge in [0, 0.05) is 11.8 Å². The molecule has 1 amide bonds. The van der Waals surface area contributed by atoms with Gasteiger partial charge in [-0.2, -0.15) is 0 Å². The summed E-state index contributed by atoms with van der Waals surface area (Å²) in [6.07, 6.45) is 4.10. The predicted molar refractivity (Wildman–Crippen MR) is 101 cm³/mol. The lowest BCUT2D eigenvalue weighted by Crippen LogP contribution is -2.55. The quantitative estimate of drug-likeness (QED) is 0.814. The van der Waals surface area contributed by atoms with Crippen molar-refractivity contribution >= 4 is 23.2 Å². The molecule has 0 spiro atoms. The Hall–Kier alpha value is -2.21. The van der Waals surface area contributed by atoms with Crippen LogP contribution in [0.15, 0.2) is 35.7 Å². The van der Waals surface area contributed by atoms with E-state index >= 15 is 0 Å². The second kappa shape index (κ2) is 7.99. The summed E-state index contributed by atoms with van der Waals surface area (Å²) in [6.45, 7) is 1.85. The van der Waals surface area contributed by atoms with Gasteiger partial charge in [0.05, 0.1) is 28.6 Å². The highest BCUT2D eigenvalue weighted by molar-refractivity contribution is 7.09. The zero-order valence-corrected chi connectivity index (χ0v) is 15.7. The van der Waals surface area contributed by atoms with Gasteiger partial charge in [-0.3, -0.25) is 9.59 Å². The topological polar surface area (TPSA) is 79.3 Å². The van der Waals surface area contributed by atoms with Crippen molar-refractivity contribution in [1.29, 1.82) is 0 Å². The van der Waals surface area contributed by atoms with Gasteiger partial charge in [0.15, 0.2) is 0 Å². The summed E-state index contributed by atoms with van der Waals surface area (Å²) in [6, 6.07) is 10.1. The number of hydrogen-bond donors (Lipinski definition) is 2. The Bertz CT molecular complexity index is 774. The van der Waals surface area contributed by atoms with Gasteiger partial charge in [-0.25, -0.2) is 4.98 Å². The molecule has 1 aliphatic rings. The van der Waals surface area contributed by atoms with Crippen molar-refractivity contribution in [2.75, 3.05) is 0 Å². The maximum Gasteiger partial charge on any atom is 0.308 e. The summed E-state index contributed by atoms with van der Waals surface area (Å²) in [5.74, 6) is -1.51. The first-order chi connectivity index (χ1) is 12.5. The number of nitrogens with zero attached hydrogens (tertiary/aromatic N) is 1. The molecular formula is C20H24N2O3S. The van der Waals surface area contributed by atoms with E-state index in [1.807, 2.05) is 30.5 Å². The molecule has 1 fully saturated rings. The van der Waals surface area contributed by atoms with Crippen molar-refractivity contribution in [3.63, 3.8) is 0 Å². The minimum atomic E-state index is -0.827. The lowest BCUT2D eigenvalue weighted by molar-refractivity contribution is -0.146. The molecular weight excluding hydrogens is 348 g/mol. The SMILES string of the molecule is CC1(NC(=O)Cc2csc(Cc3ccccc3)n2)CCCCC1C(=O)O. The van der Waals surface area contributed by atoms with Crippen LogP contribution < -0.4 is 5.32 Å². The Labute approximate surface area is 157 Å². The van der Waals surface area contributed by atoms with E-state index in [0.717, 1.165) is 30.0 Å². The molecule has 0 bridgehead atoms. The number of carbonyl (C=O) groups excluding carboxylic acids is 1. The molecule has 0 saturated heterocycles. The summed E-state index contributed by atoms with van der Waals surface area (Å²) >= 11 is 1.55. The largest absolute Gasteiger partial charge is 0.481 e. The van der Waals surface area contributed by atoms with Crippen molar-refractivity contribution in [3.8, 4) is 0 Å². The molecule has 1 heterocycles. The second-order valence-electron chi connectivity index (χ2n) is 7.17. The van der Waals surface area contributed by atoms with E-state index in [2.05, 4.69) is 22.4 Å². The highest BCUT2D eigenvalue weighted by atomic mass is 32.1. The van der Waals surface area contributed by atoms with E-state index in [1.165, 1.54) is 5.56 Å². The molecule has 6 heteroatoms. The number of aliphatic carboxylic acids is 1. The Balaban J connectivity index is 1.60. The van der Waals surface area contributed by atoms with Crippen LogP contribution in [0.25, 0.3) is 0 Å². The molecule has 2 N–H and O–H groups in total. The Morgan fingerprint density at radius 1 is 1.31 bits per heavy atom. The van der Waals surface area contributed by atoms with Crippen LogP contribution >= 0.6 is 11.3 Å². The van der Waals surface area contributed by atoms with E-state index in [1.54, 1.807) is 11.3 Å². The molecule has 1 aromatic carbocycles. The smallest absolute Gasteiger partial charge is 0.308 e. The first kappa shape index (κ1) is 18.6. The molecule has 1 saturated carbocycles. The Morgan fingerprint density at radius 2 is 2.08 bits per heavy atom. The van der Waals surface area contributed by atoms with Crippen molar-refractivity contribution in [1.82, 2.24) is 10.3 Å². The van der Waals surface area contributed by atoms with Crippen LogP contribution in [0.4, 0.5) is 0 Å². The number of aromatic nitrogens is 1. The normalized spacial score (nSPS) is 22.7. The van der Waals surface area contributed by atoms with Gasteiger partial charge in [-0.15, -0.1) is 11.3 Å². The van der Waals surface area contributed by atoms with Gasteiger partial charge in [0.2, 0.25) is 5.91 Å². The van der Waals surface area contributed by atoms with Gasteiger partial charge >= 0.3 is 5.97 Å². The fourth-order valence-corrected chi connectivity index (χ4v) is 4.52. The van der Waals surface area contributed by atoms with Crippen LogP contribution in [0.5, 0.6) is 0 Å². The fraction of sp³-hybridized carbons (Fsp3) is 0.450. The summed E-state index contributed by atoms with van der Waals surface area (Å²) in [5.41, 5.74) is 1.26. The van der Waals surface area contributed by atoms with Crippen LogP contribution in [-0.4, -0.2) is 27.5 Å². The van der Waals surface area contributed by atoms with Crippen molar-refractivity contribution in [2.45, 2.75) is 51.0 Å². The predicted octanol–water partition coefficient (Wildman–Crippen LogP) is 3.43. The minimum Gasteiger partial charge on any atom is -0.481 e. The van der Waals surface area contributed by atoms with Crippen LogP contribution in [0.2, 0.25) is 0 Å².